The molecule has 0 spiro atoms. The van der Waals surface area contributed by atoms with Gasteiger partial charge in [0.15, 0.2) is 0 Å². The molecule has 0 aromatic carbocycles. The molecule has 0 amide bonds. The Balaban J connectivity index is 1.19. The maximum Gasteiger partial charge on any atom is 0.508 e. The monoisotopic (exact) mass is 587 g/mol. The first-order valence-corrected chi connectivity index (χ1v) is 19.0. The molecule has 0 N–H and O–H groups in total. The van der Waals surface area contributed by atoms with Gasteiger partial charge >= 0.3 is 6.16 Å². The van der Waals surface area contributed by atoms with Crippen LogP contribution >= 0.6 is 0 Å². The van der Waals surface area contributed by atoms with Crippen molar-refractivity contribution in [1.29, 1.82) is 0 Å². The highest BCUT2D eigenvalue weighted by Crippen LogP contribution is 2.68. The second-order valence-electron chi connectivity index (χ2n) is 16.6. The Hall–Kier alpha value is -0.730. The standard InChI is InChI=1S/C39H70O3/c1-7-8-9-10-11-12-13-14-15-27-41-37(40)42-32-23-25-38(5)31(28-32)19-20-33-35-22-21-34(30(4)18-16-17-29(2)3)39(35,6)26-24-36(33)38/h29-36H,7-28H2,1-6H3/t30-,31+,32-,33-,34-,35-,36-,38-,39+/m0/s1. The molecule has 0 heterocycles. The van der Waals surface area contributed by atoms with Crippen LogP contribution in [0, 0.1) is 52.3 Å². The normalized spacial score (nSPS) is 36.6. The first kappa shape index (κ1) is 34.1. The van der Waals surface area contributed by atoms with Crippen LogP contribution in [0.15, 0.2) is 0 Å². The number of fused-ring (bicyclic) bond motifs is 5. The van der Waals surface area contributed by atoms with Gasteiger partial charge in [-0.2, -0.15) is 0 Å². The highest BCUT2D eigenvalue weighted by molar-refractivity contribution is 5.60. The zero-order chi connectivity index (χ0) is 30.2. The third-order valence-corrected chi connectivity index (χ3v) is 13.5. The summed E-state index contributed by atoms with van der Waals surface area (Å²) >= 11 is 0. The molecule has 0 saturated heterocycles. The zero-order valence-corrected chi connectivity index (χ0v) is 28.9. The van der Waals surface area contributed by atoms with E-state index in [9.17, 15) is 4.79 Å². The molecule has 4 fully saturated rings. The summed E-state index contributed by atoms with van der Waals surface area (Å²) in [4.78, 5) is 12.5. The van der Waals surface area contributed by atoms with Gasteiger partial charge in [0.25, 0.3) is 0 Å². The van der Waals surface area contributed by atoms with Crippen molar-refractivity contribution in [1.82, 2.24) is 0 Å². The molecule has 4 aliphatic carbocycles. The number of carbonyl (C=O) groups is 1. The lowest BCUT2D eigenvalue weighted by Crippen LogP contribution is -2.54. The van der Waals surface area contributed by atoms with Crippen LogP contribution in [0.1, 0.15) is 176 Å². The average molecular weight is 587 g/mol. The predicted octanol–water partition coefficient (Wildman–Crippen LogP) is 12.2. The summed E-state index contributed by atoms with van der Waals surface area (Å²) < 4.78 is 11.4. The van der Waals surface area contributed by atoms with Gasteiger partial charge in [-0.1, -0.05) is 112 Å². The van der Waals surface area contributed by atoms with Gasteiger partial charge in [-0.05, 0) is 116 Å². The fraction of sp³-hybridized carbons (Fsp3) is 0.974. The molecule has 3 nitrogen and oxygen atoms in total. The summed E-state index contributed by atoms with van der Waals surface area (Å²) in [5.74, 6) is 6.11. The molecule has 0 unspecified atom stereocenters. The minimum Gasteiger partial charge on any atom is -0.434 e. The van der Waals surface area contributed by atoms with Crippen molar-refractivity contribution in [3.8, 4) is 0 Å². The van der Waals surface area contributed by atoms with Crippen LogP contribution in [0.5, 0.6) is 0 Å². The number of rotatable bonds is 16. The van der Waals surface area contributed by atoms with E-state index >= 15 is 0 Å². The van der Waals surface area contributed by atoms with E-state index in [4.69, 9.17) is 9.47 Å². The topological polar surface area (TPSA) is 35.5 Å². The molecule has 0 radical (unpaired) electrons. The fourth-order valence-electron chi connectivity index (χ4n) is 11.1. The van der Waals surface area contributed by atoms with E-state index in [1.807, 2.05) is 0 Å². The van der Waals surface area contributed by atoms with E-state index in [-0.39, 0.29) is 6.10 Å². The Morgan fingerprint density at radius 3 is 2.12 bits per heavy atom. The summed E-state index contributed by atoms with van der Waals surface area (Å²) in [6, 6.07) is 0. The van der Waals surface area contributed by atoms with E-state index in [1.54, 1.807) is 0 Å². The van der Waals surface area contributed by atoms with Crippen molar-refractivity contribution in [2.24, 2.45) is 52.3 Å². The lowest BCUT2D eigenvalue weighted by atomic mass is 9.44. The lowest BCUT2D eigenvalue weighted by molar-refractivity contribution is -0.132. The summed E-state index contributed by atoms with van der Waals surface area (Å²) in [5.41, 5.74) is 1.01. The molecule has 42 heavy (non-hydrogen) atoms. The summed E-state index contributed by atoms with van der Waals surface area (Å²) in [7, 11) is 0. The second-order valence-corrected chi connectivity index (χ2v) is 16.6. The Bertz CT molecular complexity index is 807. The van der Waals surface area contributed by atoms with E-state index in [0.717, 1.165) is 61.2 Å². The van der Waals surface area contributed by atoms with Gasteiger partial charge in [0, 0.05) is 0 Å². The minimum atomic E-state index is -0.412. The van der Waals surface area contributed by atoms with Crippen molar-refractivity contribution in [3.05, 3.63) is 0 Å². The Labute approximate surface area is 261 Å². The number of hydrogen-bond acceptors (Lipinski definition) is 3. The number of hydrogen-bond donors (Lipinski definition) is 0. The summed E-state index contributed by atoms with van der Waals surface area (Å²) in [5, 5.41) is 0. The van der Waals surface area contributed by atoms with E-state index < -0.39 is 6.16 Å². The first-order chi connectivity index (χ1) is 20.2. The summed E-state index contributed by atoms with van der Waals surface area (Å²) in [6.45, 7) is 15.5. The van der Waals surface area contributed by atoms with E-state index in [2.05, 4.69) is 41.5 Å². The van der Waals surface area contributed by atoms with Crippen molar-refractivity contribution in [2.45, 2.75) is 182 Å². The van der Waals surface area contributed by atoms with Crippen LogP contribution in [0.3, 0.4) is 0 Å². The molecule has 9 atom stereocenters. The quantitative estimate of drug-likeness (QED) is 0.133. The van der Waals surface area contributed by atoms with Crippen molar-refractivity contribution < 1.29 is 14.3 Å². The molecular formula is C39H70O3. The molecular weight excluding hydrogens is 516 g/mol. The molecule has 0 aromatic rings. The Kier molecular flexibility index (Phi) is 13.0. The maximum atomic E-state index is 12.5. The number of ether oxygens (including phenoxy) is 2. The number of carbonyl (C=O) groups excluding carboxylic acids is 1. The van der Waals surface area contributed by atoms with Gasteiger partial charge in [0.2, 0.25) is 0 Å². The Morgan fingerprint density at radius 1 is 0.738 bits per heavy atom. The fourth-order valence-corrected chi connectivity index (χ4v) is 11.1. The van der Waals surface area contributed by atoms with Crippen LogP contribution in [0.4, 0.5) is 4.79 Å². The molecule has 3 heteroatoms. The van der Waals surface area contributed by atoms with Crippen LogP contribution in [0.2, 0.25) is 0 Å². The molecule has 4 rings (SSSR count). The van der Waals surface area contributed by atoms with Gasteiger partial charge < -0.3 is 9.47 Å². The third kappa shape index (κ3) is 8.29. The van der Waals surface area contributed by atoms with Gasteiger partial charge in [-0.25, -0.2) is 4.79 Å². The maximum absolute atomic E-state index is 12.5. The lowest BCUT2D eigenvalue weighted by Gasteiger charge is -2.61. The third-order valence-electron chi connectivity index (χ3n) is 13.5. The van der Waals surface area contributed by atoms with E-state index in [0.29, 0.717) is 23.4 Å². The highest BCUT2D eigenvalue weighted by Gasteiger charge is 2.60. The second kappa shape index (κ2) is 16.0. The first-order valence-electron chi connectivity index (χ1n) is 19.0. The molecule has 4 aliphatic rings. The van der Waals surface area contributed by atoms with Crippen molar-refractivity contribution in [3.63, 3.8) is 0 Å². The van der Waals surface area contributed by atoms with Gasteiger partial charge in [-0.15, -0.1) is 0 Å². The summed E-state index contributed by atoms with van der Waals surface area (Å²) in [6.07, 6.45) is 27.3. The zero-order valence-electron chi connectivity index (χ0n) is 28.9. The largest absolute Gasteiger partial charge is 0.508 e. The van der Waals surface area contributed by atoms with Crippen molar-refractivity contribution >= 4 is 6.16 Å². The van der Waals surface area contributed by atoms with Gasteiger partial charge in [0.05, 0.1) is 6.61 Å². The van der Waals surface area contributed by atoms with Crippen LogP contribution in [0.25, 0.3) is 0 Å². The van der Waals surface area contributed by atoms with Crippen LogP contribution < -0.4 is 0 Å². The molecule has 4 saturated carbocycles. The molecule has 0 aromatic heterocycles. The average Bonchev–Trinajstić information content (AvgIpc) is 3.31. The highest BCUT2D eigenvalue weighted by atomic mass is 16.7. The molecule has 0 bridgehead atoms. The Morgan fingerprint density at radius 2 is 1.40 bits per heavy atom. The molecule has 0 aliphatic heterocycles. The van der Waals surface area contributed by atoms with Crippen LogP contribution in [-0.4, -0.2) is 18.9 Å². The number of unbranched alkanes of at least 4 members (excludes halogenated alkanes) is 8. The van der Waals surface area contributed by atoms with Crippen LogP contribution in [-0.2, 0) is 9.47 Å². The minimum absolute atomic E-state index is 0.0617. The van der Waals surface area contributed by atoms with E-state index in [1.165, 1.54) is 109 Å². The molecule has 244 valence electrons. The SMILES string of the molecule is CCCCCCCCCCCOC(=O)O[C@H]1CC[C@@]2(C)[C@H](CC[C@H]3[C@@H]4CC[C@@H]([C@@H](C)CCCC(C)C)[C@@]4(C)CC[C@@H]32)C1. The smallest absolute Gasteiger partial charge is 0.434 e. The van der Waals surface area contributed by atoms with Crippen molar-refractivity contribution in [2.75, 3.05) is 6.61 Å². The predicted molar refractivity (Wildman–Crippen MR) is 177 cm³/mol. The van der Waals surface area contributed by atoms with Gasteiger partial charge in [-0.3, -0.25) is 0 Å². The van der Waals surface area contributed by atoms with Gasteiger partial charge in [0.1, 0.15) is 6.10 Å².